The summed E-state index contributed by atoms with van der Waals surface area (Å²) < 4.78 is 0.545. The summed E-state index contributed by atoms with van der Waals surface area (Å²) in [5.74, 6) is -0.621. The third kappa shape index (κ3) is 2.83. The number of hydrogen-bond acceptors (Lipinski definition) is 5. The van der Waals surface area contributed by atoms with Crippen molar-refractivity contribution in [2.75, 3.05) is 13.2 Å². The number of nitrogens with one attached hydrogen (secondary N) is 2. The van der Waals surface area contributed by atoms with Gasteiger partial charge in [-0.15, -0.1) is 0 Å². The second-order valence-electron chi connectivity index (χ2n) is 4.01. The fourth-order valence-corrected chi connectivity index (χ4v) is 1.65. The number of nitrogens with zero attached hydrogens (tertiary/aromatic N) is 2. The van der Waals surface area contributed by atoms with Crippen molar-refractivity contribution >= 4 is 5.91 Å². The maximum atomic E-state index is 11.8. The Morgan fingerprint density at radius 3 is 2.70 bits per heavy atom. The average Bonchev–Trinajstić information content (AvgIpc) is 2.48. The minimum absolute atomic E-state index is 0.0565. The number of carbonyl (C=O) groups excluding carboxylic acids is 1. The molecule has 1 aromatic carbocycles. The largest absolute Gasteiger partial charge is 0.427 e. The predicted octanol–water partition coefficient (Wildman–Crippen LogP) is -0.0110. The maximum Gasteiger partial charge on any atom is 0.273 e. The first-order valence-corrected chi connectivity index (χ1v) is 5.95. The molecule has 0 unspecified atom stereocenters. The van der Waals surface area contributed by atoms with E-state index in [-0.39, 0.29) is 18.8 Å². The number of aromatic nitrogens is 2. The molecule has 0 spiro atoms. The van der Waals surface area contributed by atoms with Crippen molar-refractivity contribution in [3.05, 3.63) is 47.7 Å². The Labute approximate surface area is 114 Å². The van der Waals surface area contributed by atoms with E-state index in [2.05, 4.69) is 10.3 Å². The van der Waals surface area contributed by atoms with Crippen LogP contribution in [0.25, 0.3) is 11.3 Å². The van der Waals surface area contributed by atoms with Crippen LogP contribution in [-0.4, -0.2) is 39.1 Å². The molecule has 20 heavy (non-hydrogen) atoms. The Morgan fingerprint density at radius 2 is 2.05 bits per heavy atom. The SMILES string of the molecule is N=c1c(C(=O)NCCO)nc(-c2ccccc2)cn1O. The smallest absolute Gasteiger partial charge is 0.273 e. The van der Waals surface area contributed by atoms with Crippen LogP contribution in [0.15, 0.2) is 36.5 Å². The van der Waals surface area contributed by atoms with E-state index in [0.29, 0.717) is 16.0 Å². The molecule has 2 rings (SSSR count). The van der Waals surface area contributed by atoms with Gasteiger partial charge in [0, 0.05) is 12.1 Å². The van der Waals surface area contributed by atoms with Gasteiger partial charge in [0.05, 0.1) is 18.5 Å². The monoisotopic (exact) mass is 274 g/mol. The van der Waals surface area contributed by atoms with Crippen molar-refractivity contribution in [2.45, 2.75) is 0 Å². The van der Waals surface area contributed by atoms with Crippen LogP contribution in [0.5, 0.6) is 0 Å². The molecule has 7 nitrogen and oxygen atoms in total. The predicted molar refractivity (Wildman–Crippen MR) is 70.1 cm³/mol. The van der Waals surface area contributed by atoms with Gasteiger partial charge in [-0.1, -0.05) is 30.3 Å². The number of carbonyl (C=O) groups is 1. The lowest BCUT2D eigenvalue weighted by atomic mass is 10.1. The quantitative estimate of drug-likeness (QED) is 0.587. The number of benzene rings is 1. The topological polar surface area (TPSA) is 111 Å². The van der Waals surface area contributed by atoms with Crippen molar-refractivity contribution in [3.8, 4) is 11.3 Å². The normalized spacial score (nSPS) is 10.2. The lowest BCUT2D eigenvalue weighted by Crippen LogP contribution is -2.35. The molecule has 0 saturated heterocycles. The van der Waals surface area contributed by atoms with Crippen molar-refractivity contribution in [3.63, 3.8) is 0 Å². The van der Waals surface area contributed by atoms with Gasteiger partial charge in [-0.05, 0) is 0 Å². The highest BCUT2D eigenvalue weighted by Crippen LogP contribution is 2.14. The Kier molecular flexibility index (Phi) is 4.11. The molecule has 0 aliphatic heterocycles. The molecule has 0 fully saturated rings. The van der Waals surface area contributed by atoms with Gasteiger partial charge >= 0.3 is 0 Å². The van der Waals surface area contributed by atoms with Gasteiger partial charge in [-0.2, -0.15) is 4.73 Å². The summed E-state index contributed by atoms with van der Waals surface area (Å²) in [6.07, 6.45) is 1.26. The summed E-state index contributed by atoms with van der Waals surface area (Å²) in [5, 5.41) is 28.4. The third-order valence-corrected chi connectivity index (χ3v) is 2.61. The van der Waals surface area contributed by atoms with Crippen LogP contribution >= 0.6 is 0 Å². The number of aliphatic hydroxyl groups excluding tert-OH is 1. The van der Waals surface area contributed by atoms with Crippen molar-refractivity contribution in [1.82, 2.24) is 15.0 Å². The summed E-state index contributed by atoms with van der Waals surface area (Å²) in [4.78, 5) is 15.9. The fraction of sp³-hybridized carbons (Fsp3) is 0.154. The number of hydrogen-bond donors (Lipinski definition) is 4. The number of amides is 1. The summed E-state index contributed by atoms with van der Waals surface area (Å²) in [6.45, 7) is -0.155. The summed E-state index contributed by atoms with van der Waals surface area (Å²) in [6, 6.07) is 9.00. The van der Waals surface area contributed by atoms with Gasteiger partial charge < -0.3 is 15.6 Å². The van der Waals surface area contributed by atoms with Crippen LogP contribution in [-0.2, 0) is 0 Å². The van der Waals surface area contributed by atoms with Crippen molar-refractivity contribution in [2.24, 2.45) is 0 Å². The van der Waals surface area contributed by atoms with E-state index >= 15 is 0 Å². The summed E-state index contributed by atoms with van der Waals surface area (Å²) in [5.41, 5.74) is 0.465. The average molecular weight is 274 g/mol. The van der Waals surface area contributed by atoms with Gasteiger partial charge in [0.1, 0.15) is 0 Å². The maximum absolute atomic E-state index is 11.8. The second-order valence-corrected chi connectivity index (χ2v) is 4.01. The zero-order chi connectivity index (χ0) is 14.5. The van der Waals surface area contributed by atoms with E-state index in [1.807, 2.05) is 6.07 Å². The molecule has 2 aromatic rings. The molecule has 7 heteroatoms. The minimum atomic E-state index is -0.621. The van der Waals surface area contributed by atoms with Crippen LogP contribution in [0.4, 0.5) is 0 Å². The van der Waals surface area contributed by atoms with Crippen LogP contribution in [0.1, 0.15) is 10.5 Å². The second kappa shape index (κ2) is 5.98. The Hall–Kier alpha value is -2.67. The molecule has 0 bridgehead atoms. The molecule has 0 atom stereocenters. The zero-order valence-corrected chi connectivity index (χ0v) is 10.6. The van der Waals surface area contributed by atoms with E-state index in [1.54, 1.807) is 24.3 Å². The Balaban J connectivity index is 2.45. The van der Waals surface area contributed by atoms with Gasteiger partial charge in [0.15, 0.2) is 11.2 Å². The molecular formula is C13H14N4O3. The summed E-state index contributed by atoms with van der Waals surface area (Å²) in [7, 11) is 0. The van der Waals surface area contributed by atoms with Crippen molar-refractivity contribution in [1.29, 1.82) is 5.41 Å². The zero-order valence-electron chi connectivity index (χ0n) is 10.6. The molecule has 1 heterocycles. The Bertz CT molecular complexity index is 667. The fourth-order valence-electron chi connectivity index (χ4n) is 1.65. The molecule has 0 radical (unpaired) electrons. The molecule has 1 amide bonds. The van der Waals surface area contributed by atoms with Gasteiger partial charge in [0.2, 0.25) is 0 Å². The van der Waals surface area contributed by atoms with Crippen molar-refractivity contribution < 1.29 is 15.1 Å². The molecule has 4 N–H and O–H groups in total. The minimum Gasteiger partial charge on any atom is -0.427 e. The molecule has 104 valence electrons. The van der Waals surface area contributed by atoms with E-state index in [0.717, 1.165) is 0 Å². The molecule has 0 saturated carbocycles. The molecule has 1 aromatic heterocycles. The molecule has 0 aliphatic carbocycles. The van der Waals surface area contributed by atoms with Gasteiger partial charge in [-0.3, -0.25) is 10.2 Å². The highest BCUT2D eigenvalue weighted by Gasteiger charge is 2.14. The number of aliphatic hydroxyl groups is 1. The highest BCUT2D eigenvalue weighted by atomic mass is 16.5. The lowest BCUT2D eigenvalue weighted by Gasteiger charge is -2.08. The van der Waals surface area contributed by atoms with Gasteiger partial charge in [-0.25, -0.2) is 4.98 Å². The third-order valence-electron chi connectivity index (χ3n) is 2.61. The van der Waals surface area contributed by atoms with E-state index < -0.39 is 11.4 Å². The van der Waals surface area contributed by atoms with Crippen LogP contribution in [0.3, 0.4) is 0 Å². The first-order valence-electron chi connectivity index (χ1n) is 5.95. The first-order chi connectivity index (χ1) is 9.63. The Morgan fingerprint density at radius 1 is 1.35 bits per heavy atom. The van der Waals surface area contributed by atoms with Crippen LogP contribution < -0.4 is 10.8 Å². The first kappa shape index (κ1) is 13.8. The van der Waals surface area contributed by atoms with Gasteiger partial charge in [0.25, 0.3) is 5.91 Å². The molecule has 0 aliphatic rings. The van der Waals surface area contributed by atoms with Crippen LogP contribution in [0, 0.1) is 5.41 Å². The van der Waals surface area contributed by atoms with E-state index in [1.165, 1.54) is 6.20 Å². The van der Waals surface area contributed by atoms with E-state index in [4.69, 9.17) is 10.5 Å². The van der Waals surface area contributed by atoms with Crippen LogP contribution in [0.2, 0.25) is 0 Å². The highest BCUT2D eigenvalue weighted by molar-refractivity contribution is 5.92. The lowest BCUT2D eigenvalue weighted by molar-refractivity contribution is 0.0928. The number of rotatable bonds is 4. The van der Waals surface area contributed by atoms with E-state index in [9.17, 15) is 10.0 Å². The standard InChI is InChI=1S/C13H14N4O3/c14-12-11(13(19)15-6-7-18)16-10(8-17(12)20)9-4-2-1-3-5-9/h1-5,8,14,18,20H,6-7H2,(H,15,19). The molecular weight excluding hydrogens is 260 g/mol. The summed E-state index contributed by atoms with van der Waals surface area (Å²) >= 11 is 0.